The molecule has 0 radical (unpaired) electrons. The number of para-hydroxylation sites is 1. The van der Waals surface area contributed by atoms with Crippen LogP contribution < -0.4 is 10.5 Å². The van der Waals surface area contributed by atoms with E-state index in [4.69, 9.17) is 5.73 Å². The van der Waals surface area contributed by atoms with Gasteiger partial charge in [-0.2, -0.15) is 0 Å². The highest BCUT2D eigenvalue weighted by molar-refractivity contribution is 7.92. The largest absolute Gasteiger partial charge is 0.326 e. The van der Waals surface area contributed by atoms with E-state index in [0.29, 0.717) is 5.56 Å². The van der Waals surface area contributed by atoms with Gasteiger partial charge in [0.25, 0.3) is 10.0 Å². The number of aryl methyl sites for hydroxylation is 1. The van der Waals surface area contributed by atoms with Gasteiger partial charge in [0.05, 0.1) is 4.90 Å². The number of halogens is 2. The third-order valence-corrected chi connectivity index (χ3v) is 4.39. The molecule has 21 heavy (non-hydrogen) atoms. The third kappa shape index (κ3) is 3.20. The summed E-state index contributed by atoms with van der Waals surface area (Å²) in [5.74, 6) is -1.96. The predicted octanol–water partition coefficient (Wildman–Crippen LogP) is 2.53. The van der Waals surface area contributed by atoms with E-state index in [1.54, 1.807) is 13.0 Å². The minimum Gasteiger partial charge on any atom is -0.326 e. The monoisotopic (exact) mass is 312 g/mol. The molecule has 2 aromatic rings. The van der Waals surface area contributed by atoms with Crippen molar-refractivity contribution in [3.8, 4) is 0 Å². The molecular weight excluding hydrogens is 298 g/mol. The van der Waals surface area contributed by atoms with Crippen LogP contribution in [0.1, 0.15) is 11.1 Å². The van der Waals surface area contributed by atoms with Crippen LogP contribution in [0.3, 0.4) is 0 Å². The Morgan fingerprint density at radius 1 is 1.14 bits per heavy atom. The molecule has 0 amide bonds. The van der Waals surface area contributed by atoms with Crippen LogP contribution in [0.25, 0.3) is 0 Å². The predicted molar refractivity (Wildman–Crippen MR) is 76.2 cm³/mol. The normalized spacial score (nSPS) is 11.4. The lowest BCUT2D eigenvalue weighted by Gasteiger charge is -2.11. The van der Waals surface area contributed by atoms with Crippen LogP contribution in [0.2, 0.25) is 0 Å². The number of benzene rings is 2. The first-order valence-corrected chi connectivity index (χ1v) is 7.60. The van der Waals surface area contributed by atoms with Crippen molar-refractivity contribution in [1.29, 1.82) is 0 Å². The smallest absolute Gasteiger partial charge is 0.262 e. The lowest BCUT2D eigenvalue weighted by atomic mass is 10.1. The summed E-state index contributed by atoms with van der Waals surface area (Å²) in [5, 5.41) is 0. The van der Waals surface area contributed by atoms with Gasteiger partial charge in [0.1, 0.15) is 17.3 Å². The maximum atomic E-state index is 13.5. The molecule has 7 heteroatoms. The van der Waals surface area contributed by atoms with Crippen molar-refractivity contribution < 1.29 is 17.2 Å². The number of hydrogen-bond acceptors (Lipinski definition) is 3. The molecule has 2 aromatic carbocycles. The fourth-order valence-electron chi connectivity index (χ4n) is 1.85. The SMILES string of the molecule is Cc1cc(S(=O)(=O)Nc2c(F)cccc2F)ccc1CN. The molecule has 2 rings (SSSR count). The number of nitrogens with two attached hydrogens (primary N) is 1. The molecule has 0 unspecified atom stereocenters. The van der Waals surface area contributed by atoms with E-state index in [1.807, 2.05) is 4.72 Å². The van der Waals surface area contributed by atoms with Gasteiger partial charge in [0, 0.05) is 6.54 Å². The van der Waals surface area contributed by atoms with Crippen LogP contribution in [0, 0.1) is 18.6 Å². The van der Waals surface area contributed by atoms with Gasteiger partial charge in [-0.15, -0.1) is 0 Å². The van der Waals surface area contributed by atoms with Crippen LogP contribution in [0.15, 0.2) is 41.3 Å². The zero-order valence-corrected chi connectivity index (χ0v) is 12.0. The van der Waals surface area contributed by atoms with Crippen LogP contribution in [-0.2, 0) is 16.6 Å². The Bertz CT molecular complexity index is 756. The number of rotatable bonds is 4. The molecule has 0 atom stereocenters. The zero-order chi connectivity index (χ0) is 15.6. The molecule has 0 saturated heterocycles. The van der Waals surface area contributed by atoms with Crippen molar-refractivity contribution in [3.63, 3.8) is 0 Å². The Balaban J connectivity index is 2.41. The number of anilines is 1. The first kappa shape index (κ1) is 15.4. The Morgan fingerprint density at radius 3 is 2.29 bits per heavy atom. The molecule has 0 aliphatic carbocycles. The fraction of sp³-hybridized carbons (Fsp3) is 0.143. The second-order valence-corrected chi connectivity index (χ2v) is 6.18. The van der Waals surface area contributed by atoms with E-state index in [0.717, 1.165) is 23.8 Å². The summed E-state index contributed by atoms with van der Waals surface area (Å²) in [6.07, 6.45) is 0. The maximum Gasteiger partial charge on any atom is 0.262 e. The van der Waals surface area contributed by atoms with E-state index >= 15 is 0 Å². The summed E-state index contributed by atoms with van der Waals surface area (Å²) in [7, 11) is -4.08. The summed E-state index contributed by atoms with van der Waals surface area (Å²) in [4.78, 5) is -0.0835. The quantitative estimate of drug-likeness (QED) is 0.911. The van der Waals surface area contributed by atoms with Gasteiger partial charge in [0.2, 0.25) is 0 Å². The van der Waals surface area contributed by atoms with E-state index in [9.17, 15) is 17.2 Å². The zero-order valence-electron chi connectivity index (χ0n) is 11.2. The average Bonchev–Trinajstić information content (AvgIpc) is 2.43. The fourth-order valence-corrected chi connectivity index (χ4v) is 3.01. The van der Waals surface area contributed by atoms with Gasteiger partial charge >= 0.3 is 0 Å². The third-order valence-electron chi connectivity index (χ3n) is 3.04. The molecule has 0 aromatic heterocycles. The Labute approximate surface area is 121 Å². The highest BCUT2D eigenvalue weighted by Gasteiger charge is 2.19. The molecule has 0 fully saturated rings. The lowest BCUT2D eigenvalue weighted by Crippen LogP contribution is -2.15. The first-order chi connectivity index (χ1) is 9.85. The number of nitrogens with one attached hydrogen (secondary N) is 1. The summed E-state index contributed by atoms with van der Waals surface area (Å²) in [5.41, 5.74) is 6.30. The minimum atomic E-state index is -4.08. The maximum absolute atomic E-state index is 13.5. The molecule has 0 bridgehead atoms. The topological polar surface area (TPSA) is 72.2 Å². The molecule has 0 aliphatic heterocycles. The first-order valence-electron chi connectivity index (χ1n) is 6.11. The van der Waals surface area contributed by atoms with Crippen LogP contribution in [0.4, 0.5) is 14.5 Å². The average molecular weight is 312 g/mol. The van der Waals surface area contributed by atoms with Crippen molar-refractivity contribution in [2.75, 3.05) is 4.72 Å². The molecule has 112 valence electrons. The number of hydrogen-bond donors (Lipinski definition) is 2. The summed E-state index contributed by atoms with van der Waals surface area (Å²) in [6.45, 7) is 1.99. The van der Waals surface area contributed by atoms with Crippen molar-refractivity contribution >= 4 is 15.7 Å². The molecule has 0 aliphatic rings. The molecular formula is C14H14F2N2O2S. The van der Waals surface area contributed by atoms with Crippen molar-refractivity contribution in [2.24, 2.45) is 5.73 Å². The number of sulfonamides is 1. The van der Waals surface area contributed by atoms with Crippen LogP contribution >= 0.6 is 0 Å². The van der Waals surface area contributed by atoms with Crippen LogP contribution in [-0.4, -0.2) is 8.42 Å². The Morgan fingerprint density at radius 2 is 1.76 bits per heavy atom. The van der Waals surface area contributed by atoms with Crippen LogP contribution in [0.5, 0.6) is 0 Å². The summed E-state index contributed by atoms with van der Waals surface area (Å²) in [6, 6.07) is 7.43. The molecule has 4 nitrogen and oxygen atoms in total. The molecule has 3 N–H and O–H groups in total. The summed E-state index contributed by atoms with van der Waals surface area (Å²) < 4.78 is 53.3. The molecule has 0 saturated carbocycles. The van der Waals surface area contributed by atoms with E-state index in [-0.39, 0.29) is 11.4 Å². The highest BCUT2D eigenvalue weighted by atomic mass is 32.2. The molecule has 0 heterocycles. The van der Waals surface area contributed by atoms with Gasteiger partial charge in [-0.3, -0.25) is 4.72 Å². The van der Waals surface area contributed by atoms with E-state index < -0.39 is 27.3 Å². The van der Waals surface area contributed by atoms with Crippen molar-refractivity contribution in [3.05, 3.63) is 59.2 Å². The van der Waals surface area contributed by atoms with Gasteiger partial charge < -0.3 is 5.73 Å². The second kappa shape index (κ2) is 5.79. The van der Waals surface area contributed by atoms with Gasteiger partial charge in [-0.1, -0.05) is 12.1 Å². The molecule has 0 spiro atoms. The second-order valence-electron chi connectivity index (χ2n) is 4.49. The Kier molecular flexibility index (Phi) is 4.24. The van der Waals surface area contributed by atoms with E-state index in [2.05, 4.69) is 0 Å². The standard InChI is InChI=1S/C14H14F2N2O2S/c1-9-7-11(6-5-10(9)8-17)21(19,20)18-14-12(15)3-2-4-13(14)16/h2-7,18H,8,17H2,1H3. The van der Waals surface area contributed by atoms with E-state index in [1.165, 1.54) is 12.1 Å². The Hall–Kier alpha value is -1.99. The van der Waals surface area contributed by atoms with Gasteiger partial charge in [0.15, 0.2) is 0 Å². The minimum absolute atomic E-state index is 0.0835. The lowest BCUT2D eigenvalue weighted by molar-refractivity contribution is 0.583. The van der Waals surface area contributed by atoms with Crippen molar-refractivity contribution in [2.45, 2.75) is 18.4 Å². The van der Waals surface area contributed by atoms with Gasteiger partial charge in [-0.25, -0.2) is 17.2 Å². The van der Waals surface area contributed by atoms with Gasteiger partial charge in [-0.05, 0) is 42.3 Å². The van der Waals surface area contributed by atoms with Crippen molar-refractivity contribution in [1.82, 2.24) is 0 Å². The summed E-state index contributed by atoms with van der Waals surface area (Å²) >= 11 is 0. The highest BCUT2D eigenvalue weighted by Crippen LogP contribution is 2.23.